The molecule has 0 aliphatic carbocycles. The Bertz CT molecular complexity index is 503. The lowest BCUT2D eigenvalue weighted by Crippen LogP contribution is -2.42. The van der Waals surface area contributed by atoms with Crippen molar-refractivity contribution >= 4 is 29.2 Å². The molecule has 5 nitrogen and oxygen atoms in total. The number of halogens is 1. The molecule has 0 heterocycles. The Labute approximate surface area is 123 Å². The first-order valence-electron chi connectivity index (χ1n) is 6.28. The second kappa shape index (κ2) is 7.14. The van der Waals surface area contributed by atoms with Gasteiger partial charge in [0.05, 0.1) is 17.7 Å². The second-order valence-corrected chi connectivity index (χ2v) is 5.33. The third-order valence-electron chi connectivity index (χ3n) is 2.73. The number of nitrogens with two attached hydrogens (primary N) is 1. The van der Waals surface area contributed by atoms with Crippen LogP contribution in [0.15, 0.2) is 18.2 Å². The van der Waals surface area contributed by atoms with Gasteiger partial charge in [0.25, 0.3) is 5.91 Å². The van der Waals surface area contributed by atoms with Crippen LogP contribution in [0.4, 0.5) is 5.69 Å². The Hall–Kier alpha value is -1.75. The van der Waals surface area contributed by atoms with Gasteiger partial charge in [0.15, 0.2) is 0 Å². The Morgan fingerprint density at radius 3 is 2.60 bits per heavy atom. The van der Waals surface area contributed by atoms with Gasteiger partial charge in [0, 0.05) is 5.69 Å². The highest BCUT2D eigenvalue weighted by molar-refractivity contribution is 6.34. The van der Waals surface area contributed by atoms with Gasteiger partial charge in [-0.2, -0.15) is 0 Å². The van der Waals surface area contributed by atoms with Crippen LogP contribution in [0, 0.1) is 5.92 Å². The van der Waals surface area contributed by atoms with E-state index >= 15 is 0 Å². The van der Waals surface area contributed by atoms with E-state index in [1.54, 1.807) is 12.1 Å². The summed E-state index contributed by atoms with van der Waals surface area (Å²) < 4.78 is 4.69. The Balaban J connectivity index is 2.90. The summed E-state index contributed by atoms with van der Waals surface area (Å²) in [7, 11) is 1.29. The number of rotatable bonds is 5. The molecular weight excluding hydrogens is 280 g/mol. The molecule has 1 rings (SSSR count). The number of nitrogens with one attached hydrogen (secondary N) is 1. The highest BCUT2D eigenvalue weighted by atomic mass is 35.5. The normalized spacial score (nSPS) is 12.1. The molecule has 1 atom stereocenters. The molecule has 0 saturated heterocycles. The number of carbonyl (C=O) groups is 2. The Kier molecular flexibility index (Phi) is 5.82. The summed E-state index contributed by atoms with van der Waals surface area (Å²) in [5, 5.41) is 2.91. The molecule has 0 radical (unpaired) electrons. The standard InChI is InChI=1S/C14H19ClN2O3/c1-8(2)6-12(14(19)20-3)17-13(18)10-7-9(16)4-5-11(10)15/h4-5,7-8,12H,6,16H2,1-3H3,(H,17,18). The van der Waals surface area contributed by atoms with Crippen LogP contribution in [0.3, 0.4) is 0 Å². The van der Waals surface area contributed by atoms with E-state index in [-0.39, 0.29) is 16.5 Å². The van der Waals surface area contributed by atoms with Crippen molar-refractivity contribution in [3.63, 3.8) is 0 Å². The number of carbonyl (C=O) groups excluding carboxylic acids is 2. The molecule has 0 aromatic heterocycles. The minimum Gasteiger partial charge on any atom is -0.467 e. The van der Waals surface area contributed by atoms with Crippen molar-refractivity contribution < 1.29 is 14.3 Å². The molecule has 0 aliphatic heterocycles. The average Bonchev–Trinajstić information content (AvgIpc) is 2.39. The fourth-order valence-electron chi connectivity index (χ4n) is 1.78. The van der Waals surface area contributed by atoms with Gasteiger partial charge in [-0.05, 0) is 30.5 Å². The van der Waals surface area contributed by atoms with Crippen molar-refractivity contribution in [2.24, 2.45) is 5.92 Å². The molecule has 6 heteroatoms. The quantitative estimate of drug-likeness (QED) is 0.645. The van der Waals surface area contributed by atoms with Gasteiger partial charge in [-0.15, -0.1) is 0 Å². The summed E-state index contributed by atoms with van der Waals surface area (Å²) in [5.74, 6) is -0.693. The first kappa shape index (κ1) is 16.3. The van der Waals surface area contributed by atoms with Gasteiger partial charge in [-0.1, -0.05) is 25.4 Å². The minimum atomic E-state index is -0.704. The minimum absolute atomic E-state index is 0.232. The largest absolute Gasteiger partial charge is 0.467 e. The predicted molar refractivity (Wildman–Crippen MR) is 78.6 cm³/mol. The molecule has 0 spiro atoms. The zero-order valence-electron chi connectivity index (χ0n) is 11.8. The third-order valence-corrected chi connectivity index (χ3v) is 3.06. The lowest BCUT2D eigenvalue weighted by atomic mass is 10.0. The summed E-state index contributed by atoms with van der Waals surface area (Å²) in [6.45, 7) is 3.91. The van der Waals surface area contributed by atoms with E-state index in [2.05, 4.69) is 5.32 Å². The molecule has 1 unspecified atom stereocenters. The van der Waals surface area contributed by atoms with Crippen LogP contribution in [0.2, 0.25) is 5.02 Å². The summed E-state index contributed by atoms with van der Waals surface area (Å²) in [4.78, 5) is 23.8. The molecule has 110 valence electrons. The van der Waals surface area contributed by atoms with E-state index in [1.807, 2.05) is 13.8 Å². The van der Waals surface area contributed by atoms with E-state index in [0.29, 0.717) is 12.1 Å². The Morgan fingerprint density at radius 1 is 1.40 bits per heavy atom. The van der Waals surface area contributed by atoms with Crippen molar-refractivity contribution in [2.45, 2.75) is 26.3 Å². The van der Waals surface area contributed by atoms with E-state index in [4.69, 9.17) is 22.1 Å². The van der Waals surface area contributed by atoms with Crippen molar-refractivity contribution in [3.8, 4) is 0 Å². The lowest BCUT2D eigenvalue weighted by Gasteiger charge is -2.18. The van der Waals surface area contributed by atoms with Crippen LogP contribution in [0.1, 0.15) is 30.6 Å². The lowest BCUT2D eigenvalue weighted by molar-refractivity contribution is -0.143. The van der Waals surface area contributed by atoms with E-state index in [1.165, 1.54) is 13.2 Å². The molecule has 0 bridgehead atoms. The summed E-state index contributed by atoms with van der Waals surface area (Å²) >= 11 is 5.96. The molecule has 0 saturated carbocycles. The number of hydrogen-bond acceptors (Lipinski definition) is 4. The molecule has 3 N–H and O–H groups in total. The summed E-state index contributed by atoms with van der Waals surface area (Å²) in [6, 6.07) is 3.92. The van der Waals surface area contributed by atoms with Crippen LogP contribution < -0.4 is 11.1 Å². The van der Waals surface area contributed by atoms with Crippen molar-refractivity contribution in [3.05, 3.63) is 28.8 Å². The predicted octanol–water partition coefficient (Wildman–Crippen LogP) is 2.24. The van der Waals surface area contributed by atoms with Crippen LogP contribution in [0.25, 0.3) is 0 Å². The first-order chi connectivity index (χ1) is 9.35. The van der Waals surface area contributed by atoms with Gasteiger partial charge in [-0.3, -0.25) is 4.79 Å². The van der Waals surface area contributed by atoms with Crippen LogP contribution in [0.5, 0.6) is 0 Å². The summed E-state index contributed by atoms with van der Waals surface area (Å²) in [5.41, 5.74) is 6.30. The number of ether oxygens (including phenoxy) is 1. The number of amides is 1. The zero-order valence-corrected chi connectivity index (χ0v) is 12.5. The van der Waals surface area contributed by atoms with Gasteiger partial charge in [-0.25, -0.2) is 4.79 Å². The van der Waals surface area contributed by atoms with Crippen molar-refractivity contribution in [1.82, 2.24) is 5.32 Å². The third kappa shape index (κ3) is 4.42. The van der Waals surface area contributed by atoms with Crippen molar-refractivity contribution in [2.75, 3.05) is 12.8 Å². The maximum absolute atomic E-state index is 12.2. The average molecular weight is 299 g/mol. The van der Waals surface area contributed by atoms with Crippen molar-refractivity contribution in [1.29, 1.82) is 0 Å². The number of esters is 1. The zero-order chi connectivity index (χ0) is 15.3. The maximum atomic E-state index is 12.2. The number of methoxy groups -OCH3 is 1. The first-order valence-corrected chi connectivity index (χ1v) is 6.66. The number of nitrogen functional groups attached to an aromatic ring is 1. The molecule has 1 aromatic carbocycles. The molecule has 1 aromatic rings. The van der Waals surface area contributed by atoms with Gasteiger partial charge < -0.3 is 15.8 Å². The maximum Gasteiger partial charge on any atom is 0.328 e. The van der Waals surface area contributed by atoms with E-state index < -0.39 is 17.9 Å². The highest BCUT2D eigenvalue weighted by Crippen LogP contribution is 2.19. The fraction of sp³-hybridized carbons (Fsp3) is 0.429. The second-order valence-electron chi connectivity index (χ2n) is 4.92. The van der Waals surface area contributed by atoms with E-state index in [9.17, 15) is 9.59 Å². The Morgan fingerprint density at radius 2 is 2.05 bits per heavy atom. The SMILES string of the molecule is COC(=O)C(CC(C)C)NC(=O)c1cc(N)ccc1Cl. The smallest absolute Gasteiger partial charge is 0.328 e. The fourth-order valence-corrected chi connectivity index (χ4v) is 1.98. The van der Waals surface area contributed by atoms with Gasteiger partial charge in [0.2, 0.25) is 0 Å². The molecule has 0 fully saturated rings. The molecule has 0 aliphatic rings. The highest BCUT2D eigenvalue weighted by Gasteiger charge is 2.24. The molecular formula is C14H19ClN2O3. The monoisotopic (exact) mass is 298 g/mol. The summed E-state index contributed by atoms with van der Waals surface area (Å²) in [6.07, 6.45) is 0.484. The molecule has 20 heavy (non-hydrogen) atoms. The molecule has 1 amide bonds. The van der Waals surface area contributed by atoms with Gasteiger partial charge >= 0.3 is 5.97 Å². The number of anilines is 1. The van der Waals surface area contributed by atoms with Crippen LogP contribution >= 0.6 is 11.6 Å². The van der Waals surface area contributed by atoms with E-state index in [0.717, 1.165) is 0 Å². The number of hydrogen-bond donors (Lipinski definition) is 2. The van der Waals surface area contributed by atoms with Crippen LogP contribution in [-0.2, 0) is 9.53 Å². The van der Waals surface area contributed by atoms with Gasteiger partial charge in [0.1, 0.15) is 6.04 Å². The van der Waals surface area contributed by atoms with Crippen LogP contribution in [-0.4, -0.2) is 25.0 Å². The topological polar surface area (TPSA) is 81.4 Å². The number of benzene rings is 1.